The van der Waals surface area contributed by atoms with Crippen molar-refractivity contribution in [3.63, 3.8) is 0 Å². The van der Waals surface area contributed by atoms with E-state index in [9.17, 15) is 4.79 Å². The Kier molecular flexibility index (Phi) is 5.48. The molecule has 0 aliphatic rings. The Morgan fingerprint density at radius 3 is 2.83 bits per heavy atom. The van der Waals surface area contributed by atoms with Gasteiger partial charge in [0, 0.05) is 5.69 Å². The number of hydrogen-bond acceptors (Lipinski definition) is 4. The maximum absolute atomic E-state index is 12.0. The molecule has 2 aromatic rings. The number of nitriles is 1. The molecule has 0 aromatic heterocycles. The lowest BCUT2D eigenvalue weighted by molar-refractivity contribution is -0.126. The molecule has 0 saturated heterocycles. The number of oxime groups is 1. The average Bonchev–Trinajstić information content (AvgIpc) is 2.56. The highest BCUT2D eigenvalue weighted by atomic mass is 16.6. The number of rotatable bonds is 5. The highest BCUT2D eigenvalue weighted by Gasteiger charge is 2.14. The van der Waals surface area contributed by atoms with Gasteiger partial charge in [0.05, 0.1) is 17.8 Å². The summed E-state index contributed by atoms with van der Waals surface area (Å²) >= 11 is 0. The molecule has 116 valence electrons. The molecule has 0 aliphatic carbocycles. The number of anilines is 1. The molecule has 0 bridgehead atoms. The normalized spacial score (nSPS) is 11.7. The number of carbonyl (C=O) groups is 1. The fourth-order valence-electron chi connectivity index (χ4n) is 1.87. The summed E-state index contributed by atoms with van der Waals surface area (Å²) in [6, 6.07) is 16.4. The molecule has 0 fully saturated rings. The topological polar surface area (TPSA) is 74.5 Å². The fourth-order valence-corrected chi connectivity index (χ4v) is 1.87. The number of nitrogens with zero attached hydrogens (tertiary/aromatic N) is 2. The number of amides is 1. The first-order valence-electron chi connectivity index (χ1n) is 7.16. The maximum atomic E-state index is 12.0. The smallest absolute Gasteiger partial charge is 0.267 e. The van der Waals surface area contributed by atoms with Gasteiger partial charge in [-0.25, -0.2) is 0 Å². The Bertz CT molecular complexity index is 763. The van der Waals surface area contributed by atoms with Gasteiger partial charge in [-0.05, 0) is 43.2 Å². The zero-order valence-electron chi connectivity index (χ0n) is 13.0. The minimum atomic E-state index is -0.749. The number of hydrogen-bond donors (Lipinski definition) is 1. The van der Waals surface area contributed by atoms with E-state index in [0.717, 1.165) is 11.1 Å². The van der Waals surface area contributed by atoms with Gasteiger partial charge in [-0.3, -0.25) is 4.79 Å². The minimum absolute atomic E-state index is 0.331. The first kappa shape index (κ1) is 16.2. The van der Waals surface area contributed by atoms with Crippen molar-refractivity contribution in [1.82, 2.24) is 0 Å². The van der Waals surface area contributed by atoms with Gasteiger partial charge in [0.1, 0.15) is 0 Å². The molecule has 5 nitrogen and oxygen atoms in total. The van der Waals surface area contributed by atoms with Gasteiger partial charge in [-0.2, -0.15) is 5.26 Å². The zero-order valence-corrected chi connectivity index (χ0v) is 13.0. The van der Waals surface area contributed by atoms with Crippen LogP contribution >= 0.6 is 0 Å². The maximum Gasteiger partial charge on any atom is 0.267 e. The first-order chi connectivity index (χ1) is 11.1. The summed E-state index contributed by atoms with van der Waals surface area (Å²) in [4.78, 5) is 17.2. The Morgan fingerprint density at radius 1 is 1.30 bits per heavy atom. The van der Waals surface area contributed by atoms with E-state index >= 15 is 0 Å². The number of benzene rings is 2. The predicted octanol–water partition coefficient (Wildman–Crippen LogP) is 3.24. The molecule has 0 saturated carbocycles. The van der Waals surface area contributed by atoms with Gasteiger partial charge in [0.25, 0.3) is 5.91 Å². The Labute approximate surface area is 135 Å². The average molecular weight is 307 g/mol. The summed E-state index contributed by atoms with van der Waals surface area (Å²) in [5.74, 6) is -0.331. The van der Waals surface area contributed by atoms with Crippen LogP contribution in [0.2, 0.25) is 0 Å². The summed E-state index contributed by atoms with van der Waals surface area (Å²) < 4.78 is 0. The van der Waals surface area contributed by atoms with Crippen LogP contribution < -0.4 is 5.32 Å². The molecule has 2 aromatic carbocycles. The Hall–Kier alpha value is -3.13. The third-order valence-electron chi connectivity index (χ3n) is 3.23. The Balaban J connectivity index is 1.92. The summed E-state index contributed by atoms with van der Waals surface area (Å²) in [6.07, 6.45) is 0.830. The van der Waals surface area contributed by atoms with Crippen molar-refractivity contribution in [3.8, 4) is 6.07 Å². The number of aryl methyl sites for hydroxylation is 1. The van der Waals surface area contributed by atoms with Gasteiger partial charge in [-0.15, -0.1) is 0 Å². The Morgan fingerprint density at radius 2 is 2.09 bits per heavy atom. The minimum Gasteiger partial charge on any atom is -0.383 e. The van der Waals surface area contributed by atoms with Crippen LogP contribution in [0.5, 0.6) is 0 Å². The van der Waals surface area contributed by atoms with Crippen LogP contribution in [0.15, 0.2) is 53.7 Å². The number of carbonyl (C=O) groups excluding carboxylic acids is 1. The summed E-state index contributed by atoms with van der Waals surface area (Å²) in [5, 5.41) is 15.4. The second-order valence-corrected chi connectivity index (χ2v) is 5.02. The third-order valence-corrected chi connectivity index (χ3v) is 3.23. The van der Waals surface area contributed by atoms with E-state index in [4.69, 9.17) is 10.1 Å². The lowest BCUT2D eigenvalue weighted by Gasteiger charge is -2.10. The molecule has 23 heavy (non-hydrogen) atoms. The fraction of sp³-hybridized carbons (Fsp3) is 0.167. The monoisotopic (exact) mass is 307 g/mol. The van der Waals surface area contributed by atoms with Crippen LogP contribution in [0, 0.1) is 18.3 Å². The lowest BCUT2D eigenvalue weighted by Crippen LogP contribution is -2.26. The van der Waals surface area contributed by atoms with Crippen LogP contribution in [-0.2, 0) is 9.63 Å². The lowest BCUT2D eigenvalue weighted by atomic mass is 10.1. The van der Waals surface area contributed by atoms with Gasteiger partial charge < -0.3 is 10.2 Å². The molecular weight excluding hydrogens is 290 g/mol. The molecule has 0 aliphatic heterocycles. The summed E-state index contributed by atoms with van der Waals surface area (Å²) in [6.45, 7) is 3.58. The van der Waals surface area contributed by atoms with Crippen LogP contribution in [0.4, 0.5) is 5.69 Å². The molecule has 0 radical (unpaired) electrons. The van der Waals surface area contributed by atoms with Gasteiger partial charge >= 0.3 is 0 Å². The molecule has 1 N–H and O–H groups in total. The highest BCUT2D eigenvalue weighted by Crippen LogP contribution is 2.11. The van der Waals surface area contributed by atoms with Crippen molar-refractivity contribution in [2.24, 2.45) is 5.16 Å². The summed E-state index contributed by atoms with van der Waals surface area (Å²) in [5.41, 5.74) is 3.04. The SMILES string of the molecule is Cc1ccccc1/C=N\O[C@@H](C)C(=O)Nc1cccc(C#N)c1. The van der Waals surface area contributed by atoms with E-state index in [1.165, 1.54) is 0 Å². The largest absolute Gasteiger partial charge is 0.383 e. The van der Waals surface area contributed by atoms with Crippen LogP contribution in [-0.4, -0.2) is 18.2 Å². The van der Waals surface area contributed by atoms with Gasteiger partial charge in [0.15, 0.2) is 0 Å². The van der Waals surface area contributed by atoms with Gasteiger partial charge in [-0.1, -0.05) is 35.5 Å². The molecule has 1 amide bonds. The zero-order chi connectivity index (χ0) is 16.7. The van der Waals surface area contributed by atoms with E-state index in [1.54, 1.807) is 37.4 Å². The third kappa shape index (κ3) is 4.68. The van der Waals surface area contributed by atoms with E-state index in [0.29, 0.717) is 11.3 Å². The van der Waals surface area contributed by atoms with Crippen molar-refractivity contribution in [2.75, 3.05) is 5.32 Å². The predicted molar refractivity (Wildman–Crippen MR) is 89.1 cm³/mol. The van der Waals surface area contributed by atoms with Crippen LogP contribution in [0.1, 0.15) is 23.6 Å². The standard InChI is InChI=1S/C18H17N3O2/c1-13-6-3-4-8-16(13)12-20-23-14(2)18(22)21-17-9-5-7-15(10-17)11-19/h3-10,12,14H,1-2H3,(H,21,22)/b20-12-/t14-/m0/s1. The van der Waals surface area contributed by atoms with E-state index in [1.807, 2.05) is 37.3 Å². The van der Waals surface area contributed by atoms with E-state index < -0.39 is 6.10 Å². The molecule has 5 heteroatoms. The quantitative estimate of drug-likeness (QED) is 0.680. The van der Waals surface area contributed by atoms with Crippen molar-refractivity contribution < 1.29 is 9.63 Å². The van der Waals surface area contributed by atoms with Crippen molar-refractivity contribution in [2.45, 2.75) is 20.0 Å². The molecule has 1 atom stereocenters. The molecular formula is C18H17N3O2. The van der Waals surface area contributed by atoms with Crippen molar-refractivity contribution >= 4 is 17.8 Å². The number of nitrogens with one attached hydrogen (secondary N) is 1. The van der Waals surface area contributed by atoms with Gasteiger partial charge in [0.2, 0.25) is 6.10 Å². The molecule has 0 spiro atoms. The van der Waals surface area contributed by atoms with E-state index in [2.05, 4.69) is 10.5 Å². The first-order valence-corrected chi connectivity index (χ1v) is 7.16. The van der Waals surface area contributed by atoms with Crippen LogP contribution in [0.3, 0.4) is 0 Å². The summed E-state index contributed by atoms with van der Waals surface area (Å²) in [7, 11) is 0. The van der Waals surface area contributed by atoms with Crippen LogP contribution in [0.25, 0.3) is 0 Å². The van der Waals surface area contributed by atoms with Crippen molar-refractivity contribution in [1.29, 1.82) is 5.26 Å². The highest BCUT2D eigenvalue weighted by molar-refractivity contribution is 5.94. The molecule has 2 rings (SSSR count). The second-order valence-electron chi connectivity index (χ2n) is 5.02. The van der Waals surface area contributed by atoms with E-state index in [-0.39, 0.29) is 5.91 Å². The second kappa shape index (κ2) is 7.76. The molecule has 0 unspecified atom stereocenters. The van der Waals surface area contributed by atoms with Crippen molar-refractivity contribution in [3.05, 3.63) is 65.2 Å². The molecule has 0 heterocycles.